The molecule has 1 N–H and O–H groups in total. The molecule has 10 nitrogen and oxygen atoms in total. The van der Waals surface area contributed by atoms with Gasteiger partial charge in [-0.05, 0) is 48.2 Å². The predicted octanol–water partition coefficient (Wildman–Crippen LogP) is 7.83. The number of benzene rings is 4. The molecule has 0 amide bonds. The Balaban J connectivity index is 0.000000171. The van der Waals surface area contributed by atoms with E-state index in [1.165, 1.54) is 5.56 Å². The van der Waals surface area contributed by atoms with Crippen LogP contribution in [0.5, 0.6) is 0 Å². The first-order chi connectivity index (χ1) is 23.3. The number of H-pyrrole nitrogens is 1. The highest BCUT2D eigenvalue weighted by atomic mass is 35.5. The van der Waals surface area contributed by atoms with E-state index in [9.17, 15) is 13.7 Å². The third-order valence-corrected chi connectivity index (χ3v) is 8.52. The van der Waals surface area contributed by atoms with Crippen LogP contribution in [0.3, 0.4) is 0 Å². The minimum atomic E-state index is -3.95. The van der Waals surface area contributed by atoms with E-state index in [-0.39, 0.29) is 6.04 Å². The van der Waals surface area contributed by atoms with Crippen LogP contribution in [-0.4, -0.2) is 47.3 Å². The molecule has 2 unspecified atom stereocenters. The molecular weight excluding hydrogens is 671 g/mol. The van der Waals surface area contributed by atoms with E-state index in [2.05, 4.69) is 43.8 Å². The van der Waals surface area contributed by atoms with Crippen molar-refractivity contribution in [1.82, 2.24) is 20.0 Å². The van der Waals surface area contributed by atoms with E-state index in [1.807, 2.05) is 59.3 Å². The number of nitriles is 2. The Labute approximate surface area is 289 Å². The minimum Gasteiger partial charge on any atom is -0.278 e. The zero-order chi connectivity index (χ0) is 34.4. The standard InChI is InChI=1S/C17H14ClN3.C10H13ClO4S.C8H5N3/c18-10-9-16(13-5-2-1-3-6-13)21-17-8-4-7-14(11-19)15(17)12-20-21;1-14-16(12,13)15-10(7-8-11)9-5-3-2-4-6-9;9-4-6-2-1-3-8-7(6)5-10-11-8/h1-8,12,16H,9-10H2;2-6,10H,7-8H2,1H3;1-3,5H,(H,10,11). The molecule has 0 saturated carbocycles. The van der Waals surface area contributed by atoms with E-state index in [4.69, 9.17) is 32.6 Å². The highest BCUT2D eigenvalue weighted by Crippen LogP contribution is 2.28. The molecule has 0 bridgehead atoms. The Morgan fingerprint density at radius 1 is 0.792 bits per heavy atom. The molecule has 0 aliphatic carbocycles. The van der Waals surface area contributed by atoms with Gasteiger partial charge in [0.25, 0.3) is 0 Å². The lowest BCUT2D eigenvalue weighted by atomic mass is 10.0. The summed E-state index contributed by atoms with van der Waals surface area (Å²) in [6, 6.07) is 34.8. The molecule has 0 saturated heterocycles. The second kappa shape index (κ2) is 18.0. The van der Waals surface area contributed by atoms with E-state index in [0.717, 1.165) is 40.9 Å². The van der Waals surface area contributed by atoms with Crippen LogP contribution in [0, 0.1) is 22.7 Å². The van der Waals surface area contributed by atoms with Gasteiger partial charge >= 0.3 is 10.4 Å². The highest BCUT2D eigenvalue weighted by Gasteiger charge is 2.20. The van der Waals surface area contributed by atoms with Crippen LogP contribution >= 0.6 is 23.2 Å². The Kier molecular flexibility index (Phi) is 13.5. The van der Waals surface area contributed by atoms with Crippen LogP contribution in [0.1, 0.15) is 47.2 Å². The molecule has 48 heavy (non-hydrogen) atoms. The molecule has 0 aliphatic heterocycles. The molecule has 246 valence electrons. The summed E-state index contributed by atoms with van der Waals surface area (Å²) in [5, 5.41) is 30.8. The summed E-state index contributed by atoms with van der Waals surface area (Å²) < 4.78 is 33.4. The van der Waals surface area contributed by atoms with Crippen molar-refractivity contribution in [3.8, 4) is 12.1 Å². The zero-order valence-electron chi connectivity index (χ0n) is 25.9. The number of hydrogen-bond acceptors (Lipinski definition) is 8. The second-order valence-electron chi connectivity index (χ2n) is 10.1. The van der Waals surface area contributed by atoms with Crippen molar-refractivity contribution < 1.29 is 16.8 Å². The monoisotopic (exact) mass is 702 g/mol. The summed E-state index contributed by atoms with van der Waals surface area (Å²) in [5.74, 6) is 0.859. The molecule has 2 atom stereocenters. The normalized spacial score (nSPS) is 12.1. The lowest BCUT2D eigenvalue weighted by molar-refractivity contribution is 0.169. The van der Waals surface area contributed by atoms with Crippen LogP contribution in [0.25, 0.3) is 21.8 Å². The first-order valence-electron chi connectivity index (χ1n) is 14.7. The number of nitrogens with one attached hydrogen (secondary N) is 1. The summed E-state index contributed by atoms with van der Waals surface area (Å²) in [7, 11) is -2.89. The largest absolute Gasteiger partial charge is 0.400 e. The van der Waals surface area contributed by atoms with Crippen LogP contribution in [-0.2, 0) is 18.8 Å². The molecular formula is C35H32Cl2N6O4S. The average molecular weight is 704 g/mol. The zero-order valence-corrected chi connectivity index (χ0v) is 28.2. The van der Waals surface area contributed by atoms with Crippen molar-refractivity contribution in [2.24, 2.45) is 0 Å². The lowest BCUT2D eigenvalue weighted by Crippen LogP contribution is -2.13. The fourth-order valence-electron chi connectivity index (χ4n) is 4.91. The summed E-state index contributed by atoms with van der Waals surface area (Å²) in [5.41, 5.74) is 5.11. The van der Waals surface area contributed by atoms with Gasteiger partial charge in [0, 0.05) is 22.5 Å². The maximum absolute atomic E-state index is 11.2. The van der Waals surface area contributed by atoms with Gasteiger partial charge in [-0.3, -0.25) is 14.0 Å². The number of rotatable bonds is 10. The third kappa shape index (κ3) is 9.41. The van der Waals surface area contributed by atoms with Gasteiger partial charge in [-0.15, -0.1) is 23.2 Å². The van der Waals surface area contributed by atoms with Gasteiger partial charge in [-0.1, -0.05) is 72.8 Å². The number of halogens is 2. The van der Waals surface area contributed by atoms with Crippen molar-refractivity contribution >= 4 is 55.4 Å². The summed E-state index contributed by atoms with van der Waals surface area (Å²) in [6.07, 6.45) is 4.00. The van der Waals surface area contributed by atoms with Gasteiger partial charge in [-0.2, -0.15) is 29.1 Å². The molecule has 0 spiro atoms. The Morgan fingerprint density at radius 2 is 1.40 bits per heavy atom. The fraction of sp³-hybridized carbons (Fsp3) is 0.200. The number of hydrogen-bond donors (Lipinski definition) is 1. The molecule has 6 rings (SSSR count). The molecule has 2 aromatic heterocycles. The number of fused-ring (bicyclic) bond motifs is 2. The third-order valence-electron chi connectivity index (χ3n) is 7.21. The smallest absolute Gasteiger partial charge is 0.278 e. The van der Waals surface area contributed by atoms with Crippen molar-refractivity contribution in [2.75, 3.05) is 18.9 Å². The molecule has 0 radical (unpaired) electrons. The van der Waals surface area contributed by atoms with Crippen molar-refractivity contribution in [3.63, 3.8) is 0 Å². The van der Waals surface area contributed by atoms with E-state index >= 15 is 0 Å². The number of nitrogens with zero attached hydrogens (tertiary/aromatic N) is 5. The van der Waals surface area contributed by atoms with Crippen molar-refractivity contribution in [2.45, 2.75) is 25.0 Å². The molecule has 0 aliphatic rings. The topological polar surface area (TPSA) is 147 Å². The van der Waals surface area contributed by atoms with Crippen LogP contribution in [0.4, 0.5) is 0 Å². The highest BCUT2D eigenvalue weighted by molar-refractivity contribution is 7.81. The van der Waals surface area contributed by atoms with Gasteiger partial charge in [-0.25, -0.2) is 4.18 Å². The minimum absolute atomic E-state index is 0.0788. The van der Waals surface area contributed by atoms with Gasteiger partial charge in [0.15, 0.2) is 0 Å². The first kappa shape index (κ1) is 36.1. The second-order valence-corrected chi connectivity index (χ2v) is 12.2. The molecule has 6 aromatic rings. The van der Waals surface area contributed by atoms with Crippen molar-refractivity contribution in [3.05, 3.63) is 132 Å². The molecule has 0 fully saturated rings. The number of aromatic nitrogens is 4. The Bertz CT molecular complexity index is 2090. The maximum Gasteiger partial charge on any atom is 0.400 e. The molecule has 13 heteroatoms. The Morgan fingerprint density at radius 3 is 2.00 bits per heavy atom. The number of aromatic amines is 1. The predicted molar refractivity (Wildman–Crippen MR) is 187 cm³/mol. The fourth-order valence-corrected chi connectivity index (χ4v) is 5.88. The lowest BCUT2D eigenvalue weighted by Gasteiger charge is -2.18. The van der Waals surface area contributed by atoms with Crippen molar-refractivity contribution in [1.29, 1.82) is 10.5 Å². The van der Waals surface area contributed by atoms with Gasteiger partial charge < -0.3 is 0 Å². The summed E-state index contributed by atoms with van der Waals surface area (Å²) in [4.78, 5) is 0. The molecule has 4 aromatic carbocycles. The quantitative estimate of drug-likeness (QED) is 0.142. The Hall–Kier alpha value is -4.75. The summed E-state index contributed by atoms with van der Waals surface area (Å²) in [6.45, 7) is 0. The van der Waals surface area contributed by atoms with E-state index in [0.29, 0.717) is 29.3 Å². The van der Waals surface area contributed by atoms with Crippen LogP contribution < -0.4 is 0 Å². The van der Waals surface area contributed by atoms with Gasteiger partial charge in [0.2, 0.25) is 0 Å². The molecule has 2 heterocycles. The number of alkyl halides is 2. The maximum atomic E-state index is 11.2. The van der Waals surface area contributed by atoms with Crippen LogP contribution in [0.2, 0.25) is 0 Å². The van der Waals surface area contributed by atoms with Gasteiger partial charge in [0.1, 0.15) is 6.10 Å². The SMILES string of the molecule is COS(=O)(=O)OC(CCCl)c1ccccc1.N#Cc1cccc2[nH]ncc12.N#Cc1cccc2c1cnn2C(CCCl)c1ccccc1. The van der Waals surface area contributed by atoms with E-state index < -0.39 is 16.5 Å². The van der Waals surface area contributed by atoms with Crippen LogP contribution in [0.15, 0.2) is 109 Å². The first-order valence-corrected chi connectivity index (χ1v) is 17.1. The summed E-state index contributed by atoms with van der Waals surface area (Å²) >= 11 is 11.6. The average Bonchev–Trinajstić information content (AvgIpc) is 3.79. The van der Waals surface area contributed by atoms with Gasteiger partial charge in [0.05, 0.1) is 59.8 Å². The van der Waals surface area contributed by atoms with E-state index in [1.54, 1.807) is 42.7 Å².